The van der Waals surface area contributed by atoms with Gasteiger partial charge in [-0.3, -0.25) is 10.1 Å². The average Bonchev–Trinajstić information content (AvgIpc) is 2.81. The van der Waals surface area contributed by atoms with Crippen LogP contribution in [0, 0.1) is 6.92 Å². The highest BCUT2D eigenvalue weighted by atomic mass is 16.5. The number of aryl methyl sites for hydroxylation is 1. The molecule has 1 aromatic carbocycles. The summed E-state index contributed by atoms with van der Waals surface area (Å²) in [6, 6.07) is 7.57. The first-order chi connectivity index (χ1) is 8.65. The fourth-order valence-electron chi connectivity index (χ4n) is 1.50. The van der Waals surface area contributed by atoms with Crippen molar-refractivity contribution in [2.24, 2.45) is 0 Å². The van der Waals surface area contributed by atoms with Gasteiger partial charge in [-0.1, -0.05) is 12.1 Å². The number of carbonyl (C=O) groups is 1. The molecule has 18 heavy (non-hydrogen) atoms. The number of aromatic nitrogens is 2. The molecule has 1 atom stereocenters. The maximum Gasteiger partial charge on any atom is 0.267 e. The number of benzene rings is 1. The molecule has 0 aliphatic carbocycles. The van der Waals surface area contributed by atoms with Crippen molar-refractivity contribution >= 4 is 11.9 Å². The summed E-state index contributed by atoms with van der Waals surface area (Å²) >= 11 is 0. The van der Waals surface area contributed by atoms with Crippen LogP contribution in [0.2, 0.25) is 0 Å². The van der Waals surface area contributed by atoms with E-state index >= 15 is 0 Å². The van der Waals surface area contributed by atoms with Crippen molar-refractivity contribution in [3.05, 3.63) is 42.2 Å². The summed E-state index contributed by atoms with van der Waals surface area (Å²) in [5.41, 5.74) is 1.09. The van der Waals surface area contributed by atoms with Crippen LogP contribution in [0.4, 0.5) is 5.95 Å². The molecule has 94 valence electrons. The Kier molecular flexibility index (Phi) is 3.62. The molecule has 0 radical (unpaired) electrons. The molecular formula is C13H15N3O2. The second-order valence-electron chi connectivity index (χ2n) is 4.00. The highest BCUT2D eigenvalue weighted by Crippen LogP contribution is 2.14. The molecule has 2 rings (SSSR count). The lowest BCUT2D eigenvalue weighted by Crippen LogP contribution is -2.30. The van der Waals surface area contributed by atoms with E-state index in [1.54, 1.807) is 19.3 Å². The highest BCUT2D eigenvalue weighted by molar-refractivity contribution is 5.92. The molecule has 0 saturated heterocycles. The van der Waals surface area contributed by atoms with Crippen LogP contribution in [-0.4, -0.2) is 22.0 Å². The first-order valence-corrected chi connectivity index (χ1v) is 5.69. The zero-order chi connectivity index (χ0) is 13.0. The summed E-state index contributed by atoms with van der Waals surface area (Å²) in [7, 11) is 0. The number of anilines is 1. The van der Waals surface area contributed by atoms with E-state index in [0.717, 1.165) is 5.56 Å². The predicted molar refractivity (Wildman–Crippen MR) is 68.5 cm³/mol. The molecule has 0 aliphatic rings. The third-order valence-corrected chi connectivity index (χ3v) is 2.41. The Morgan fingerprint density at radius 3 is 3.00 bits per heavy atom. The fraction of sp³-hybridized carbons (Fsp3) is 0.231. The van der Waals surface area contributed by atoms with Gasteiger partial charge in [-0.2, -0.15) is 0 Å². The van der Waals surface area contributed by atoms with Crippen LogP contribution in [-0.2, 0) is 4.79 Å². The summed E-state index contributed by atoms with van der Waals surface area (Å²) in [6.07, 6.45) is 2.63. The third-order valence-electron chi connectivity index (χ3n) is 2.41. The molecule has 1 heterocycles. The van der Waals surface area contributed by atoms with E-state index in [0.29, 0.717) is 11.7 Å². The van der Waals surface area contributed by atoms with E-state index < -0.39 is 6.10 Å². The summed E-state index contributed by atoms with van der Waals surface area (Å²) in [6.45, 7) is 3.67. The summed E-state index contributed by atoms with van der Waals surface area (Å²) < 4.78 is 5.55. The quantitative estimate of drug-likeness (QED) is 0.867. The number of H-pyrrole nitrogens is 1. The topological polar surface area (TPSA) is 67.0 Å². The number of nitrogens with one attached hydrogen (secondary N) is 2. The molecule has 0 saturated carbocycles. The highest BCUT2D eigenvalue weighted by Gasteiger charge is 2.15. The van der Waals surface area contributed by atoms with Crippen molar-refractivity contribution in [3.63, 3.8) is 0 Å². The van der Waals surface area contributed by atoms with Crippen LogP contribution in [0.5, 0.6) is 5.75 Å². The van der Waals surface area contributed by atoms with Crippen molar-refractivity contribution in [2.75, 3.05) is 5.32 Å². The van der Waals surface area contributed by atoms with Gasteiger partial charge in [0.05, 0.1) is 0 Å². The largest absolute Gasteiger partial charge is 0.481 e. The minimum absolute atomic E-state index is 0.244. The molecule has 1 amide bonds. The van der Waals surface area contributed by atoms with E-state index in [9.17, 15) is 4.79 Å². The number of carbonyl (C=O) groups excluding carboxylic acids is 1. The Morgan fingerprint density at radius 2 is 2.33 bits per heavy atom. The molecule has 1 unspecified atom stereocenters. The van der Waals surface area contributed by atoms with Gasteiger partial charge >= 0.3 is 0 Å². The van der Waals surface area contributed by atoms with Crippen LogP contribution in [0.25, 0.3) is 0 Å². The van der Waals surface area contributed by atoms with Gasteiger partial charge in [0.1, 0.15) is 5.75 Å². The summed E-state index contributed by atoms with van der Waals surface area (Å²) in [4.78, 5) is 18.5. The molecule has 0 spiro atoms. The molecule has 0 bridgehead atoms. The van der Waals surface area contributed by atoms with Gasteiger partial charge in [0.15, 0.2) is 6.10 Å². The maximum atomic E-state index is 11.8. The van der Waals surface area contributed by atoms with Crippen LogP contribution < -0.4 is 10.1 Å². The smallest absolute Gasteiger partial charge is 0.267 e. The minimum Gasteiger partial charge on any atom is -0.481 e. The monoisotopic (exact) mass is 245 g/mol. The van der Waals surface area contributed by atoms with Crippen molar-refractivity contribution in [3.8, 4) is 5.75 Å². The number of ether oxygens (including phenoxy) is 1. The molecule has 1 aromatic heterocycles. The molecule has 5 nitrogen and oxygen atoms in total. The summed E-state index contributed by atoms with van der Waals surface area (Å²) in [5.74, 6) is 0.850. The van der Waals surface area contributed by atoms with Gasteiger partial charge in [-0.15, -0.1) is 0 Å². The minimum atomic E-state index is -0.586. The van der Waals surface area contributed by atoms with E-state index in [4.69, 9.17) is 4.74 Å². The number of hydrogen-bond donors (Lipinski definition) is 2. The zero-order valence-electron chi connectivity index (χ0n) is 10.3. The number of rotatable bonds is 4. The zero-order valence-corrected chi connectivity index (χ0v) is 10.3. The van der Waals surface area contributed by atoms with Crippen molar-refractivity contribution < 1.29 is 9.53 Å². The fourth-order valence-corrected chi connectivity index (χ4v) is 1.50. The lowest BCUT2D eigenvalue weighted by atomic mass is 10.2. The van der Waals surface area contributed by atoms with Crippen LogP contribution in [0.1, 0.15) is 12.5 Å². The average molecular weight is 245 g/mol. The van der Waals surface area contributed by atoms with Crippen molar-refractivity contribution in [1.82, 2.24) is 9.97 Å². The molecular weight excluding hydrogens is 230 g/mol. The van der Waals surface area contributed by atoms with Crippen molar-refractivity contribution in [2.45, 2.75) is 20.0 Å². The van der Waals surface area contributed by atoms with Gasteiger partial charge in [-0.25, -0.2) is 4.98 Å². The Morgan fingerprint density at radius 1 is 1.50 bits per heavy atom. The molecule has 2 aromatic rings. The molecule has 2 N–H and O–H groups in total. The Hall–Kier alpha value is -2.30. The molecule has 0 aliphatic heterocycles. The predicted octanol–water partition coefficient (Wildman–Crippen LogP) is 2.12. The Balaban J connectivity index is 1.95. The van der Waals surface area contributed by atoms with E-state index in [1.807, 2.05) is 31.2 Å². The van der Waals surface area contributed by atoms with Crippen molar-refractivity contribution in [1.29, 1.82) is 0 Å². The number of amides is 1. The van der Waals surface area contributed by atoms with E-state index in [1.165, 1.54) is 0 Å². The number of aromatic amines is 1. The van der Waals surface area contributed by atoms with Crippen LogP contribution in [0.3, 0.4) is 0 Å². The van der Waals surface area contributed by atoms with Gasteiger partial charge in [-0.05, 0) is 31.5 Å². The molecule has 0 fully saturated rings. The maximum absolute atomic E-state index is 11.8. The number of nitrogens with zero attached hydrogens (tertiary/aromatic N) is 1. The first-order valence-electron chi connectivity index (χ1n) is 5.69. The van der Waals surface area contributed by atoms with Gasteiger partial charge in [0.2, 0.25) is 5.95 Å². The number of imidazole rings is 1. The van der Waals surface area contributed by atoms with Crippen LogP contribution >= 0.6 is 0 Å². The number of hydrogen-bond acceptors (Lipinski definition) is 3. The standard InChI is InChI=1S/C13H15N3O2/c1-9-4-3-5-11(8-9)18-10(2)12(17)16-13-14-6-7-15-13/h3-8,10H,1-2H3,(H2,14,15,16,17). The Labute approximate surface area is 105 Å². The Bertz CT molecular complexity index is 523. The third kappa shape index (κ3) is 3.10. The van der Waals surface area contributed by atoms with Gasteiger partial charge in [0, 0.05) is 12.4 Å². The lowest BCUT2D eigenvalue weighted by Gasteiger charge is -2.14. The molecule has 5 heteroatoms. The SMILES string of the molecule is Cc1cccc(OC(C)C(=O)Nc2ncc[nH]2)c1. The van der Waals surface area contributed by atoms with E-state index in [-0.39, 0.29) is 5.91 Å². The van der Waals surface area contributed by atoms with Gasteiger partial charge < -0.3 is 9.72 Å². The van der Waals surface area contributed by atoms with Gasteiger partial charge in [0.25, 0.3) is 5.91 Å². The summed E-state index contributed by atoms with van der Waals surface area (Å²) in [5, 5.41) is 2.63. The van der Waals surface area contributed by atoms with E-state index in [2.05, 4.69) is 15.3 Å². The first kappa shape index (κ1) is 12.2. The second-order valence-corrected chi connectivity index (χ2v) is 4.00. The van der Waals surface area contributed by atoms with Crippen LogP contribution in [0.15, 0.2) is 36.7 Å². The second kappa shape index (κ2) is 5.35. The lowest BCUT2D eigenvalue weighted by molar-refractivity contribution is -0.122. The normalized spacial score (nSPS) is 11.9.